The summed E-state index contributed by atoms with van der Waals surface area (Å²) >= 11 is 5.81. The molecule has 0 bridgehead atoms. The molecule has 3 heterocycles. The van der Waals surface area contributed by atoms with E-state index < -0.39 is 53.6 Å². The van der Waals surface area contributed by atoms with E-state index >= 15 is 8.78 Å². The Balaban J connectivity index is 1.46. The third-order valence-electron chi connectivity index (χ3n) is 7.96. The van der Waals surface area contributed by atoms with Gasteiger partial charge in [-0.1, -0.05) is 54.9 Å². The number of amides is 1. The average Bonchev–Trinajstić information content (AvgIpc) is 3.13. The lowest BCUT2D eigenvalue weighted by Crippen LogP contribution is -2.66. The van der Waals surface area contributed by atoms with Gasteiger partial charge < -0.3 is 10.1 Å². The zero-order valence-electron chi connectivity index (χ0n) is 21.7. The number of nitrogens with zero attached hydrogens (tertiary/aromatic N) is 2. The van der Waals surface area contributed by atoms with Crippen LogP contribution in [-0.4, -0.2) is 39.4 Å². The van der Waals surface area contributed by atoms with E-state index in [1.165, 1.54) is 25.3 Å². The maximum Gasteiger partial charge on any atom is 0.332 e. The number of rotatable bonds is 5. The molecule has 1 saturated carbocycles. The Morgan fingerprint density at radius 2 is 1.87 bits per heavy atom. The summed E-state index contributed by atoms with van der Waals surface area (Å²) in [5.41, 5.74) is 1.93. The Labute approximate surface area is 230 Å². The number of fused-ring (bicyclic) bond motifs is 1. The van der Waals surface area contributed by atoms with Gasteiger partial charge in [-0.25, -0.2) is 18.6 Å². The highest BCUT2D eigenvalue weighted by atomic mass is 35.5. The Hall–Kier alpha value is -3.65. The monoisotopic (exact) mass is 551 g/mol. The summed E-state index contributed by atoms with van der Waals surface area (Å²) < 4.78 is 36.5. The molecule has 2 fully saturated rings. The van der Waals surface area contributed by atoms with Crippen LogP contribution in [0.5, 0.6) is 0 Å². The minimum Gasteiger partial charge on any atom is -0.460 e. The fraction of sp³-hybridized carbons (Fsp3) is 0.333. The zero-order chi connectivity index (χ0) is 27.9. The van der Waals surface area contributed by atoms with E-state index in [1.54, 1.807) is 25.3 Å². The highest BCUT2D eigenvalue weighted by Gasteiger charge is 2.68. The van der Waals surface area contributed by atoms with Crippen LogP contribution in [0.25, 0.3) is 17.2 Å². The molecule has 1 amide bonds. The van der Waals surface area contributed by atoms with Crippen LogP contribution in [-0.2, 0) is 9.53 Å². The highest BCUT2D eigenvalue weighted by molar-refractivity contribution is 6.29. The second-order valence-electron chi connectivity index (χ2n) is 10.4. The molecular weight excluding hydrogens is 524 g/mol. The predicted molar refractivity (Wildman–Crippen MR) is 144 cm³/mol. The summed E-state index contributed by atoms with van der Waals surface area (Å²) in [6.07, 6.45) is 4.80. The third kappa shape index (κ3) is 4.93. The van der Waals surface area contributed by atoms with Crippen molar-refractivity contribution in [1.82, 2.24) is 15.3 Å². The topological polar surface area (TPSA) is 81.2 Å². The number of nitrogens with one attached hydrogen (secondary N) is 1. The molecule has 6 nitrogen and oxygen atoms in total. The van der Waals surface area contributed by atoms with Gasteiger partial charge in [0.2, 0.25) is 0 Å². The number of halogens is 3. The fourth-order valence-corrected chi connectivity index (χ4v) is 5.97. The molecule has 0 unspecified atom stereocenters. The second kappa shape index (κ2) is 10.2. The largest absolute Gasteiger partial charge is 0.460 e. The van der Waals surface area contributed by atoms with Crippen molar-refractivity contribution in [2.45, 2.75) is 44.8 Å². The maximum absolute atomic E-state index is 15.5. The first-order chi connectivity index (χ1) is 18.5. The summed E-state index contributed by atoms with van der Waals surface area (Å²) in [6.45, 7) is 5.16. The van der Waals surface area contributed by atoms with Crippen LogP contribution in [0.2, 0.25) is 5.15 Å². The van der Waals surface area contributed by atoms with Crippen LogP contribution in [0.15, 0.2) is 67.0 Å². The molecule has 0 spiro atoms. The van der Waals surface area contributed by atoms with E-state index in [9.17, 15) is 9.59 Å². The highest BCUT2D eigenvalue weighted by Crippen LogP contribution is 2.55. The minimum absolute atomic E-state index is 0.104. The summed E-state index contributed by atoms with van der Waals surface area (Å²) in [5, 5.41) is 2.80. The molecule has 1 aromatic carbocycles. The first-order valence-electron chi connectivity index (χ1n) is 12.7. The van der Waals surface area contributed by atoms with Crippen molar-refractivity contribution in [3.63, 3.8) is 0 Å². The first kappa shape index (κ1) is 26.9. The standard InChI is InChI=1S/C30H28ClF2N3O3/c1-17-6-4-5-7-23(17)20-8-10-22(34-14-20)11-12-24-18(2)30(32,33)16-29(26(24)19(3)39-28(29)38)36-27(37)21-9-13-25(31)35-15-21/h4-15,18-19,24,26H,16H2,1-3H3,(H,36,37)/b12-11+/t18-,19+,24-,26-,29-/m0/s1. The summed E-state index contributed by atoms with van der Waals surface area (Å²) in [6, 6.07) is 14.6. The number of pyridine rings is 2. The number of carbonyl (C=O) groups excluding carboxylic acids is 2. The van der Waals surface area contributed by atoms with Gasteiger partial charge in [0.05, 0.1) is 11.3 Å². The van der Waals surface area contributed by atoms with Gasteiger partial charge in [0.1, 0.15) is 11.3 Å². The molecule has 2 aliphatic rings. The lowest BCUT2D eigenvalue weighted by atomic mass is 9.60. The smallest absolute Gasteiger partial charge is 0.332 e. The lowest BCUT2D eigenvalue weighted by molar-refractivity contribution is -0.158. The number of alkyl halides is 2. The molecule has 1 N–H and O–H groups in total. The van der Waals surface area contributed by atoms with Gasteiger partial charge in [0.15, 0.2) is 5.54 Å². The Morgan fingerprint density at radius 3 is 2.54 bits per heavy atom. The molecule has 202 valence electrons. The third-order valence-corrected chi connectivity index (χ3v) is 8.19. The summed E-state index contributed by atoms with van der Waals surface area (Å²) in [4.78, 5) is 34.6. The molecule has 5 rings (SSSR count). The van der Waals surface area contributed by atoms with E-state index in [1.807, 2.05) is 43.3 Å². The number of cyclic esters (lactones) is 1. The van der Waals surface area contributed by atoms with Gasteiger partial charge in [-0.2, -0.15) is 0 Å². The number of ether oxygens (including phenoxy) is 1. The van der Waals surface area contributed by atoms with Crippen LogP contribution in [0.3, 0.4) is 0 Å². The van der Waals surface area contributed by atoms with Crippen molar-refractivity contribution in [3.8, 4) is 11.1 Å². The van der Waals surface area contributed by atoms with Gasteiger partial charge >= 0.3 is 5.97 Å². The number of carbonyl (C=O) groups is 2. The van der Waals surface area contributed by atoms with Gasteiger partial charge in [-0.15, -0.1) is 0 Å². The van der Waals surface area contributed by atoms with Gasteiger partial charge in [-0.05, 0) is 55.2 Å². The van der Waals surface area contributed by atoms with E-state index in [-0.39, 0.29) is 10.7 Å². The molecule has 1 aliphatic heterocycles. The summed E-state index contributed by atoms with van der Waals surface area (Å²) in [7, 11) is 0. The number of aromatic nitrogens is 2. The van der Waals surface area contributed by atoms with E-state index in [0.717, 1.165) is 16.7 Å². The number of allylic oxidation sites excluding steroid dienone is 1. The van der Waals surface area contributed by atoms with Crippen molar-refractivity contribution in [3.05, 3.63) is 89.0 Å². The molecule has 5 atom stereocenters. The second-order valence-corrected chi connectivity index (χ2v) is 10.8. The van der Waals surface area contributed by atoms with Gasteiger partial charge in [0, 0.05) is 36.2 Å². The van der Waals surface area contributed by atoms with Crippen LogP contribution in [0.1, 0.15) is 41.9 Å². The molecule has 2 aromatic heterocycles. The molecule has 39 heavy (non-hydrogen) atoms. The lowest BCUT2D eigenvalue weighted by Gasteiger charge is -2.47. The van der Waals surface area contributed by atoms with Gasteiger partial charge in [-0.3, -0.25) is 9.78 Å². The number of esters is 1. The number of hydrogen-bond acceptors (Lipinski definition) is 5. The van der Waals surface area contributed by atoms with Crippen LogP contribution in [0.4, 0.5) is 8.78 Å². The fourth-order valence-electron chi connectivity index (χ4n) is 5.86. The molecular formula is C30H28ClF2N3O3. The Bertz CT molecular complexity index is 1430. The minimum atomic E-state index is -3.25. The number of aryl methyl sites for hydroxylation is 1. The van der Waals surface area contributed by atoms with Gasteiger partial charge in [0.25, 0.3) is 11.8 Å². The van der Waals surface area contributed by atoms with Crippen molar-refractivity contribution < 1.29 is 23.1 Å². The van der Waals surface area contributed by atoms with E-state index in [2.05, 4.69) is 15.3 Å². The maximum atomic E-state index is 15.5. The number of benzene rings is 1. The van der Waals surface area contributed by atoms with Crippen LogP contribution < -0.4 is 5.32 Å². The Kier molecular flexibility index (Phi) is 7.01. The quantitative estimate of drug-likeness (QED) is 0.304. The molecule has 0 radical (unpaired) electrons. The molecule has 3 aromatic rings. The normalized spacial score (nSPS) is 27.7. The van der Waals surface area contributed by atoms with Crippen molar-refractivity contribution in [1.29, 1.82) is 0 Å². The molecule has 1 aliphatic carbocycles. The van der Waals surface area contributed by atoms with Crippen LogP contribution >= 0.6 is 11.6 Å². The Morgan fingerprint density at radius 1 is 1.10 bits per heavy atom. The molecule has 1 saturated heterocycles. The van der Waals surface area contributed by atoms with Crippen molar-refractivity contribution >= 4 is 29.6 Å². The SMILES string of the molecule is Cc1ccccc1-c1ccc(/C=C/[C@@H]2[C@@H]3[C@@H](C)OC(=O)[C@]3(NC(=O)c3ccc(Cl)nc3)CC(F)(F)[C@H]2C)nc1. The molecule has 9 heteroatoms. The number of hydrogen-bond donors (Lipinski definition) is 1. The van der Waals surface area contributed by atoms with E-state index in [0.29, 0.717) is 5.69 Å². The van der Waals surface area contributed by atoms with Crippen molar-refractivity contribution in [2.24, 2.45) is 17.8 Å². The van der Waals surface area contributed by atoms with E-state index in [4.69, 9.17) is 16.3 Å². The summed E-state index contributed by atoms with van der Waals surface area (Å²) in [5.74, 6) is -7.41. The van der Waals surface area contributed by atoms with Crippen molar-refractivity contribution in [2.75, 3.05) is 0 Å². The average molecular weight is 552 g/mol. The zero-order valence-corrected chi connectivity index (χ0v) is 22.5. The predicted octanol–water partition coefficient (Wildman–Crippen LogP) is 6.14. The first-order valence-corrected chi connectivity index (χ1v) is 13.1. The van der Waals surface area contributed by atoms with Crippen LogP contribution in [0, 0.1) is 24.7 Å².